The molecule has 8 nitrogen and oxygen atoms in total. The first-order valence-corrected chi connectivity index (χ1v) is 7.52. The van der Waals surface area contributed by atoms with Crippen molar-refractivity contribution in [1.29, 1.82) is 0 Å². The Morgan fingerprint density at radius 2 is 2.09 bits per heavy atom. The average molecular weight is 334 g/mol. The zero-order valence-electron chi connectivity index (χ0n) is 13.1. The van der Waals surface area contributed by atoms with Crippen LogP contribution in [0.2, 0.25) is 0 Å². The van der Waals surface area contributed by atoms with Gasteiger partial charge < -0.3 is 4.74 Å². The second-order valence-corrected chi connectivity index (χ2v) is 4.76. The fourth-order valence-corrected chi connectivity index (χ4v) is 2.10. The molecule has 1 aromatic carbocycles. The Hall–Kier alpha value is -2.55. The van der Waals surface area contributed by atoms with E-state index in [1.807, 2.05) is 32.9 Å². The maximum atomic E-state index is 11.7. The van der Waals surface area contributed by atoms with Gasteiger partial charge in [0.1, 0.15) is 6.61 Å². The molecule has 0 aliphatic carbocycles. The van der Waals surface area contributed by atoms with Gasteiger partial charge in [-0.1, -0.05) is 26.0 Å². The first-order valence-electron chi connectivity index (χ1n) is 7.12. The van der Waals surface area contributed by atoms with Crippen LogP contribution in [-0.4, -0.2) is 29.4 Å². The monoisotopic (exact) mass is 334 g/mol. The summed E-state index contributed by atoms with van der Waals surface area (Å²) in [6.07, 6.45) is 1.67. The fourth-order valence-electron chi connectivity index (χ4n) is 1.95. The molecule has 9 heteroatoms. The summed E-state index contributed by atoms with van der Waals surface area (Å²) in [5.41, 5.74) is 2.04. The van der Waals surface area contributed by atoms with E-state index in [0.29, 0.717) is 11.6 Å². The highest BCUT2D eigenvalue weighted by atomic mass is 32.1. The number of rotatable bonds is 4. The first kappa shape index (κ1) is 16.8. The van der Waals surface area contributed by atoms with Crippen LogP contribution in [0.25, 0.3) is 5.69 Å². The lowest BCUT2D eigenvalue weighted by Gasteiger charge is -2.11. The van der Waals surface area contributed by atoms with Crippen molar-refractivity contribution in [2.24, 2.45) is 0 Å². The maximum Gasteiger partial charge on any atom is 0.365 e. The molecule has 0 saturated heterocycles. The maximum absolute atomic E-state index is 11.7. The van der Waals surface area contributed by atoms with Gasteiger partial charge in [0.2, 0.25) is 5.88 Å². The van der Waals surface area contributed by atoms with E-state index in [4.69, 9.17) is 4.74 Å². The van der Waals surface area contributed by atoms with Crippen LogP contribution >= 0.6 is 12.8 Å². The third kappa shape index (κ3) is 3.81. The van der Waals surface area contributed by atoms with Crippen LogP contribution < -0.4 is 10.4 Å². The highest BCUT2D eigenvalue weighted by Gasteiger charge is 2.12. The second-order valence-electron chi connectivity index (χ2n) is 4.35. The van der Waals surface area contributed by atoms with E-state index in [1.54, 1.807) is 18.3 Å². The highest BCUT2D eigenvalue weighted by molar-refractivity contribution is 7.78. The number of thiol groups is 1. The summed E-state index contributed by atoms with van der Waals surface area (Å²) in [4.78, 5) is 11.7. The Morgan fingerprint density at radius 1 is 1.30 bits per heavy atom. The lowest BCUT2D eigenvalue weighted by atomic mass is 10.1. The van der Waals surface area contributed by atoms with Crippen molar-refractivity contribution in [1.82, 2.24) is 29.4 Å². The first-order chi connectivity index (χ1) is 11.1. The van der Waals surface area contributed by atoms with Gasteiger partial charge >= 0.3 is 5.69 Å². The molecule has 1 N–H and O–H groups in total. The summed E-state index contributed by atoms with van der Waals surface area (Å²) in [5, 5.41) is 13.5. The van der Waals surface area contributed by atoms with Gasteiger partial charge in [-0.05, 0) is 41.8 Å². The van der Waals surface area contributed by atoms with Gasteiger partial charge in [0.25, 0.3) is 0 Å². The number of hydrogen-bond acceptors (Lipinski definition) is 6. The number of nitrogens with one attached hydrogen (secondary N) is 1. The molecule has 3 rings (SSSR count). The van der Waals surface area contributed by atoms with E-state index >= 15 is 0 Å². The molecule has 0 spiro atoms. The third-order valence-electron chi connectivity index (χ3n) is 3.00. The molecule has 2 heterocycles. The van der Waals surface area contributed by atoms with Crippen LogP contribution in [0.1, 0.15) is 25.0 Å². The second kappa shape index (κ2) is 7.63. The van der Waals surface area contributed by atoms with Crippen LogP contribution in [0, 0.1) is 6.92 Å². The largest absolute Gasteiger partial charge is 0.472 e. The number of aryl methyl sites for hydroxylation is 1. The zero-order chi connectivity index (χ0) is 16.8. The van der Waals surface area contributed by atoms with Crippen LogP contribution in [-0.2, 0) is 6.61 Å². The molecule has 2 aromatic heterocycles. The number of H-pyrrole nitrogens is 1. The summed E-state index contributed by atoms with van der Waals surface area (Å²) in [7, 11) is 0. The number of hydrogen-bond donors (Lipinski definition) is 2. The molecule has 0 aliphatic rings. The number of nitrogens with zero attached hydrogens (tertiary/aromatic N) is 5. The van der Waals surface area contributed by atoms with E-state index in [0.717, 1.165) is 11.1 Å². The lowest BCUT2D eigenvalue weighted by molar-refractivity contribution is 0.291. The summed E-state index contributed by atoms with van der Waals surface area (Å²) in [5.74, 6) is 0.451. The van der Waals surface area contributed by atoms with Crippen molar-refractivity contribution < 1.29 is 4.74 Å². The zero-order valence-corrected chi connectivity index (χ0v) is 14.0. The van der Waals surface area contributed by atoms with Crippen molar-refractivity contribution in [3.8, 4) is 11.6 Å². The molecule has 3 aromatic rings. The summed E-state index contributed by atoms with van der Waals surface area (Å²) in [6, 6.07) is 7.27. The molecule has 0 aliphatic heterocycles. The van der Waals surface area contributed by atoms with Crippen molar-refractivity contribution in [3.05, 3.63) is 52.1 Å². The fraction of sp³-hybridized carbons (Fsp3) is 0.286. The van der Waals surface area contributed by atoms with E-state index in [9.17, 15) is 4.79 Å². The van der Waals surface area contributed by atoms with Gasteiger partial charge in [-0.2, -0.15) is 4.68 Å². The topological polar surface area (TPSA) is 90.6 Å². The molecule has 0 bridgehead atoms. The van der Waals surface area contributed by atoms with Gasteiger partial charge in [0.05, 0.1) is 5.69 Å². The SMILES string of the molecule is CC.Cc1cccc(-n2nn[nH]c2=O)c1COc1ccn(S)n1. The van der Waals surface area contributed by atoms with E-state index in [2.05, 4.69) is 33.4 Å². The molecule has 0 amide bonds. The smallest absolute Gasteiger partial charge is 0.365 e. The number of aromatic amines is 1. The minimum absolute atomic E-state index is 0.256. The van der Waals surface area contributed by atoms with Crippen LogP contribution in [0.15, 0.2) is 35.3 Å². The molecule has 122 valence electrons. The number of aromatic nitrogens is 6. The summed E-state index contributed by atoms with van der Waals surface area (Å²) < 4.78 is 8.17. The Labute approximate surface area is 138 Å². The highest BCUT2D eigenvalue weighted by Crippen LogP contribution is 2.19. The van der Waals surface area contributed by atoms with Gasteiger partial charge in [0.15, 0.2) is 0 Å². The standard InChI is InChI=1S/C12H12N6O2S.C2H6/c1-8-3-2-4-10(18-12(19)13-15-16-18)9(8)7-20-11-5-6-17(21)14-11;1-2/h2-6,21H,7H2,1H3,(H,13,16,19);1-2H3. The predicted molar refractivity (Wildman–Crippen MR) is 89.0 cm³/mol. The Balaban J connectivity index is 0.000000924. The van der Waals surface area contributed by atoms with Crippen molar-refractivity contribution in [2.75, 3.05) is 0 Å². The number of tetrazole rings is 1. The molecule has 0 unspecified atom stereocenters. The van der Waals surface area contributed by atoms with Gasteiger partial charge in [-0.25, -0.2) is 14.0 Å². The normalized spacial score (nSPS) is 10.1. The Kier molecular flexibility index (Phi) is 5.58. The molecular weight excluding hydrogens is 316 g/mol. The van der Waals surface area contributed by atoms with Crippen LogP contribution in [0.4, 0.5) is 0 Å². The summed E-state index contributed by atoms with van der Waals surface area (Å²) in [6.45, 7) is 6.19. The van der Waals surface area contributed by atoms with Crippen molar-refractivity contribution >= 4 is 12.8 Å². The minimum Gasteiger partial charge on any atom is -0.472 e. The Bertz CT molecular complexity index is 823. The number of benzene rings is 1. The lowest BCUT2D eigenvalue weighted by Crippen LogP contribution is -2.18. The molecule has 0 saturated carbocycles. The van der Waals surface area contributed by atoms with Crippen LogP contribution in [0.3, 0.4) is 0 Å². The van der Waals surface area contributed by atoms with E-state index in [-0.39, 0.29) is 6.61 Å². The van der Waals surface area contributed by atoms with Crippen molar-refractivity contribution in [2.45, 2.75) is 27.4 Å². The molecular formula is C14H18N6O2S. The van der Waals surface area contributed by atoms with Crippen LogP contribution in [0.5, 0.6) is 5.88 Å². The Morgan fingerprint density at radius 3 is 2.70 bits per heavy atom. The molecule has 23 heavy (non-hydrogen) atoms. The summed E-state index contributed by atoms with van der Waals surface area (Å²) >= 11 is 4.05. The third-order valence-corrected chi connectivity index (χ3v) is 3.22. The average Bonchev–Trinajstić information content (AvgIpc) is 3.16. The molecule has 0 atom stereocenters. The van der Waals surface area contributed by atoms with E-state index < -0.39 is 5.69 Å². The van der Waals surface area contributed by atoms with Crippen molar-refractivity contribution in [3.63, 3.8) is 0 Å². The quantitative estimate of drug-likeness (QED) is 0.710. The number of ether oxygens (including phenoxy) is 1. The predicted octanol–water partition coefficient (Wildman–Crippen LogP) is 1.76. The van der Waals surface area contributed by atoms with E-state index in [1.165, 1.54) is 8.77 Å². The minimum atomic E-state index is -0.401. The van der Waals surface area contributed by atoms with Gasteiger partial charge in [0, 0.05) is 17.8 Å². The molecule has 0 radical (unpaired) electrons. The van der Waals surface area contributed by atoms with Gasteiger partial charge in [-0.15, -0.1) is 5.10 Å². The molecule has 0 fully saturated rings. The van der Waals surface area contributed by atoms with Gasteiger partial charge in [-0.3, -0.25) is 0 Å².